The highest BCUT2D eigenvalue weighted by Gasteiger charge is 2.40. The Bertz CT molecular complexity index is 932. The lowest BCUT2D eigenvalue weighted by Gasteiger charge is -2.34. The molecule has 1 atom stereocenters. The summed E-state index contributed by atoms with van der Waals surface area (Å²) in [5.74, 6) is 0.388. The average molecular weight is 434 g/mol. The zero-order valence-electron chi connectivity index (χ0n) is 17.8. The van der Waals surface area contributed by atoms with Crippen LogP contribution in [0.15, 0.2) is 23.1 Å². The third-order valence-corrected chi connectivity index (χ3v) is 8.60. The van der Waals surface area contributed by atoms with Crippen molar-refractivity contribution < 1.29 is 18.0 Å². The van der Waals surface area contributed by atoms with E-state index in [1.807, 2.05) is 4.90 Å². The van der Waals surface area contributed by atoms with Crippen molar-refractivity contribution in [2.75, 3.05) is 31.1 Å². The zero-order chi connectivity index (χ0) is 21.5. The summed E-state index contributed by atoms with van der Waals surface area (Å²) in [5.41, 5.74) is 1.41. The van der Waals surface area contributed by atoms with Gasteiger partial charge in [0, 0.05) is 45.2 Å². The largest absolute Gasteiger partial charge is 0.341 e. The second-order valence-corrected chi connectivity index (χ2v) is 10.8. The van der Waals surface area contributed by atoms with Gasteiger partial charge in [-0.1, -0.05) is 13.3 Å². The van der Waals surface area contributed by atoms with Gasteiger partial charge in [0.15, 0.2) is 0 Å². The maximum atomic E-state index is 13.2. The average Bonchev–Trinajstić information content (AvgIpc) is 3.13. The van der Waals surface area contributed by atoms with E-state index in [-0.39, 0.29) is 16.7 Å². The molecule has 0 unspecified atom stereocenters. The fourth-order valence-electron chi connectivity index (χ4n) is 4.87. The van der Waals surface area contributed by atoms with Crippen LogP contribution in [0.25, 0.3) is 0 Å². The Morgan fingerprint density at radius 1 is 1.00 bits per heavy atom. The van der Waals surface area contributed by atoms with E-state index >= 15 is 0 Å². The van der Waals surface area contributed by atoms with Crippen LogP contribution in [0.2, 0.25) is 0 Å². The molecule has 0 aromatic heterocycles. The predicted octanol–water partition coefficient (Wildman–Crippen LogP) is 2.40. The highest BCUT2D eigenvalue weighted by Crippen LogP contribution is 2.36. The normalized spacial score (nSPS) is 23.5. The van der Waals surface area contributed by atoms with Crippen molar-refractivity contribution in [2.24, 2.45) is 5.92 Å². The predicted molar refractivity (Wildman–Crippen MR) is 115 cm³/mol. The highest BCUT2D eigenvalue weighted by atomic mass is 32.2. The molecule has 0 bridgehead atoms. The number of hydrogen-bond donors (Lipinski definition) is 0. The molecule has 0 N–H and O–H groups in total. The molecule has 0 radical (unpaired) electrons. The number of fused-ring (bicyclic) bond motifs is 1. The van der Waals surface area contributed by atoms with E-state index in [0.29, 0.717) is 44.2 Å². The number of carbonyl (C=O) groups excluding carboxylic acids is 2. The molecule has 0 spiro atoms. The molecular weight excluding hydrogens is 402 g/mol. The van der Waals surface area contributed by atoms with Gasteiger partial charge in [0.25, 0.3) is 0 Å². The minimum atomic E-state index is -3.55. The number of hydrogen-bond acceptors (Lipinski definition) is 4. The molecule has 3 aliphatic rings. The van der Waals surface area contributed by atoms with Gasteiger partial charge in [0.2, 0.25) is 21.8 Å². The van der Waals surface area contributed by atoms with E-state index < -0.39 is 16.1 Å². The van der Waals surface area contributed by atoms with Gasteiger partial charge in [-0.2, -0.15) is 4.31 Å². The Hall–Kier alpha value is -1.93. The van der Waals surface area contributed by atoms with Gasteiger partial charge < -0.3 is 4.90 Å². The Labute approximate surface area is 179 Å². The van der Waals surface area contributed by atoms with Crippen molar-refractivity contribution in [1.82, 2.24) is 9.21 Å². The van der Waals surface area contributed by atoms with Crippen LogP contribution in [-0.4, -0.2) is 61.7 Å². The first-order chi connectivity index (χ1) is 14.3. The van der Waals surface area contributed by atoms with Crippen molar-refractivity contribution in [2.45, 2.75) is 63.3 Å². The Morgan fingerprint density at radius 3 is 2.30 bits per heavy atom. The fourth-order valence-corrected chi connectivity index (χ4v) is 6.44. The van der Waals surface area contributed by atoms with Crippen LogP contribution >= 0.6 is 0 Å². The summed E-state index contributed by atoms with van der Waals surface area (Å²) in [4.78, 5) is 29.3. The number of piperidine rings is 2. The van der Waals surface area contributed by atoms with Crippen molar-refractivity contribution in [1.29, 1.82) is 0 Å². The monoisotopic (exact) mass is 433 g/mol. The summed E-state index contributed by atoms with van der Waals surface area (Å²) in [5, 5.41) is 0. The number of likely N-dealkylation sites (tertiary alicyclic amines) is 1. The SMILES string of the molecule is CC(=O)N1c2ccc(S(=O)(=O)N3CCCCC3)cc2C[C@H]1C(=O)N1CCC(C)CC1. The first-order valence-electron chi connectivity index (χ1n) is 11.0. The molecular formula is C22H31N3O4S. The second kappa shape index (κ2) is 8.30. The van der Waals surface area contributed by atoms with E-state index in [4.69, 9.17) is 0 Å². The first kappa shape index (κ1) is 21.3. The summed E-state index contributed by atoms with van der Waals surface area (Å²) in [6.07, 6.45) is 5.14. The van der Waals surface area contributed by atoms with Crippen LogP contribution in [0.1, 0.15) is 51.5 Å². The fraction of sp³-hybridized carbons (Fsp3) is 0.636. The van der Waals surface area contributed by atoms with E-state index in [0.717, 1.165) is 37.7 Å². The quantitative estimate of drug-likeness (QED) is 0.733. The van der Waals surface area contributed by atoms with Crippen LogP contribution in [0.5, 0.6) is 0 Å². The summed E-state index contributed by atoms with van der Waals surface area (Å²) in [6.45, 7) is 6.19. The molecule has 4 rings (SSSR count). The molecule has 164 valence electrons. The molecule has 0 saturated carbocycles. The van der Waals surface area contributed by atoms with Crippen LogP contribution in [-0.2, 0) is 26.0 Å². The standard InChI is InChI=1S/C22H31N3O4S/c1-16-8-12-23(13-9-16)22(27)21-15-18-14-19(6-7-20(18)25(21)17(2)26)30(28,29)24-10-4-3-5-11-24/h6-7,14,16,21H,3-5,8-13,15H2,1-2H3/t21-/m0/s1. The summed E-state index contributed by atoms with van der Waals surface area (Å²) in [7, 11) is -3.55. The Balaban J connectivity index is 1.60. The molecule has 8 heteroatoms. The molecule has 0 aliphatic carbocycles. The van der Waals surface area contributed by atoms with E-state index in [1.165, 1.54) is 6.92 Å². The molecule has 3 aliphatic heterocycles. The molecule has 7 nitrogen and oxygen atoms in total. The minimum Gasteiger partial charge on any atom is -0.341 e. The highest BCUT2D eigenvalue weighted by molar-refractivity contribution is 7.89. The maximum absolute atomic E-state index is 13.2. The molecule has 2 amide bonds. The Kier molecular flexibility index (Phi) is 5.90. The van der Waals surface area contributed by atoms with Crippen LogP contribution < -0.4 is 4.90 Å². The topological polar surface area (TPSA) is 78.0 Å². The van der Waals surface area contributed by atoms with Gasteiger partial charge in [-0.25, -0.2) is 8.42 Å². The van der Waals surface area contributed by atoms with Gasteiger partial charge in [-0.3, -0.25) is 14.5 Å². The lowest BCUT2D eigenvalue weighted by molar-refractivity contribution is -0.135. The molecule has 2 fully saturated rings. The number of rotatable bonds is 3. The summed E-state index contributed by atoms with van der Waals surface area (Å²) >= 11 is 0. The van der Waals surface area contributed by atoms with Gasteiger partial charge in [0.05, 0.1) is 4.90 Å². The molecule has 1 aromatic rings. The number of sulfonamides is 1. The molecule has 1 aromatic carbocycles. The number of benzene rings is 1. The molecule has 30 heavy (non-hydrogen) atoms. The van der Waals surface area contributed by atoms with Crippen LogP contribution in [0.3, 0.4) is 0 Å². The number of carbonyl (C=O) groups is 2. The third kappa shape index (κ3) is 3.87. The zero-order valence-corrected chi connectivity index (χ0v) is 18.7. The lowest BCUT2D eigenvalue weighted by Crippen LogP contribution is -2.51. The number of anilines is 1. The minimum absolute atomic E-state index is 0.0336. The maximum Gasteiger partial charge on any atom is 0.246 e. The van der Waals surface area contributed by atoms with Gasteiger partial charge in [-0.15, -0.1) is 0 Å². The van der Waals surface area contributed by atoms with Gasteiger partial charge in [-0.05, 0) is 55.4 Å². The van der Waals surface area contributed by atoms with E-state index in [9.17, 15) is 18.0 Å². The third-order valence-electron chi connectivity index (χ3n) is 6.71. The molecule has 2 saturated heterocycles. The molecule has 3 heterocycles. The summed E-state index contributed by atoms with van der Waals surface area (Å²) in [6, 6.07) is 4.35. The summed E-state index contributed by atoms with van der Waals surface area (Å²) < 4.78 is 27.7. The Morgan fingerprint density at radius 2 is 1.67 bits per heavy atom. The van der Waals surface area contributed by atoms with Crippen molar-refractivity contribution in [3.63, 3.8) is 0 Å². The van der Waals surface area contributed by atoms with Crippen molar-refractivity contribution >= 4 is 27.5 Å². The smallest absolute Gasteiger partial charge is 0.246 e. The van der Waals surface area contributed by atoms with Gasteiger partial charge >= 0.3 is 0 Å². The van der Waals surface area contributed by atoms with Gasteiger partial charge in [0.1, 0.15) is 6.04 Å². The van der Waals surface area contributed by atoms with Crippen LogP contribution in [0, 0.1) is 5.92 Å². The van der Waals surface area contributed by atoms with Crippen molar-refractivity contribution in [3.8, 4) is 0 Å². The number of nitrogens with zero attached hydrogens (tertiary/aromatic N) is 3. The van der Waals surface area contributed by atoms with E-state index in [2.05, 4.69) is 6.92 Å². The lowest BCUT2D eigenvalue weighted by atomic mass is 9.98. The number of amides is 2. The van der Waals surface area contributed by atoms with Crippen molar-refractivity contribution in [3.05, 3.63) is 23.8 Å². The van der Waals surface area contributed by atoms with E-state index in [1.54, 1.807) is 27.4 Å². The first-order valence-corrected chi connectivity index (χ1v) is 12.4. The van der Waals surface area contributed by atoms with Crippen LogP contribution in [0.4, 0.5) is 5.69 Å². The second-order valence-electron chi connectivity index (χ2n) is 8.87.